The molecule has 120 valence electrons. The molecule has 0 spiro atoms. The first-order chi connectivity index (χ1) is 11.1. The second kappa shape index (κ2) is 7.07. The van der Waals surface area contributed by atoms with Gasteiger partial charge in [0.25, 0.3) is 0 Å². The van der Waals surface area contributed by atoms with Gasteiger partial charge in [0.05, 0.1) is 0 Å². The zero-order valence-corrected chi connectivity index (χ0v) is 15.7. The molecular weight excluding hydrogens is 346 g/mol. The van der Waals surface area contributed by atoms with Crippen molar-refractivity contribution in [2.75, 3.05) is 0 Å². The van der Waals surface area contributed by atoms with Crippen LogP contribution in [0.15, 0.2) is 40.9 Å². The Morgan fingerprint density at radius 2 is 2.04 bits per heavy atom. The molecule has 0 bridgehead atoms. The lowest BCUT2D eigenvalue weighted by atomic mass is 10.1. The van der Waals surface area contributed by atoms with Crippen molar-refractivity contribution >= 4 is 34.7 Å². The van der Waals surface area contributed by atoms with Crippen LogP contribution in [0.3, 0.4) is 0 Å². The van der Waals surface area contributed by atoms with Gasteiger partial charge in [0, 0.05) is 33.6 Å². The summed E-state index contributed by atoms with van der Waals surface area (Å²) in [4.78, 5) is 1.37. The number of thiophene rings is 1. The smallest absolute Gasteiger partial charge is 0.191 e. The molecule has 6 heteroatoms. The van der Waals surface area contributed by atoms with Gasteiger partial charge in [0.1, 0.15) is 0 Å². The summed E-state index contributed by atoms with van der Waals surface area (Å²) < 4.78 is 2.05. The molecule has 3 nitrogen and oxygen atoms in total. The predicted molar refractivity (Wildman–Crippen MR) is 99.4 cm³/mol. The van der Waals surface area contributed by atoms with E-state index in [9.17, 15) is 0 Å². The Morgan fingerprint density at radius 3 is 2.74 bits per heavy atom. The highest BCUT2D eigenvalue weighted by Gasteiger charge is 2.14. The number of rotatable bonds is 5. The van der Waals surface area contributed by atoms with Crippen molar-refractivity contribution < 1.29 is 0 Å². The van der Waals surface area contributed by atoms with E-state index in [1.807, 2.05) is 35.9 Å². The Kier molecular flexibility index (Phi) is 5.09. The maximum Gasteiger partial charge on any atom is 0.191 e. The first kappa shape index (κ1) is 16.6. The van der Waals surface area contributed by atoms with Crippen LogP contribution in [0.4, 0.5) is 0 Å². The number of benzene rings is 1. The molecule has 0 N–H and O–H groups in total. The molecule has 2 heterocycles. The number of hydrogen-bond donors (Lipinski definition) is 0. The Hall–Kier alpha value is -1.30. The number of halogens is 1. The molecular formula is C17H18ClN3S2. The van der Waals surface area contributed by atoms with Crippen LogP contribution in [0.2, 0.25) is 5.02 Å². The van der Waals surface area contributed by atoms with E-state index < -0.39 is 0 Å². The van der Waals surface area contributed by atoms with Crippen molar-refractivity contribution in [2.45, 2.75) is 30.7 Å². The van der Waals surface area contributed by atoms with Crippen molar-refractivity contribution in [3.8, 4) is 11.4 Å². The predicted octanol–water partition coefficient (Wildman–Crippen LogP) is 5.61. The van der Waals surface area contributed by atoms with E-state index >= 15 is 0 Å². The standard InChI is InChI=1S/C17H18ClN3S2/c1-11(2)15-8-13(10-22-15)16-19-20-17(21(16)3)23-9-12-6-4-5-7-14(12)18/h4-8,10-11H,9H2,1-3H3. The molecule has 0 fully saturated rings. The first-order valence-electron chi connectivity index (χ1n) is 7.40. The second-order valence-electron chi connectivity index (χ2n) is 5.64. The van der Waals surface area contributed by atoms with Crippen molar-refractivity contribution in [2.24, 2.45) is 7.05 Å². The van der Waals surface area contributed by atoms with Crippen LogP contribution in [0.25, 0.3) is 11.4 Å². The van der Waals surface area contributed by atoms with Crippen molar-refractivity contribution in [3.05, 3.63) is 51.2 Å². The monoisotopic (exact) mass is 363 g/mol. The highest BCUT2D eigenvalue weighted by Crippen LogP contribution is 2.31. The molecule has 0 saturated heterocycles. The average molecular weight is 364 g/mol. The molecule has 3 rings (SSSR count). The zero-order chi connectivity index (χ0) is 16.4. The van der Waals surface area contributed by atoms with Crippen LogP contribution in [-0.4, -0.2) is 14.8 Å². The third-order valence-corrected chi connectivity index (χ3v) is 6.27. The highest BCUT2D eigenvalue weighted by atomic mass is 35.5. The summed E-state index contributed by atoms with van der Waals surface area (Å²) in [6.45, 7) is 4.41. The Balaban J connectivity index is 1.78. The van der Waals surface area contributed by atoms with Gasteiger partial charge < -0.3 is 4.57 Å². The van der Waals surface area contributed by atoms with Crippen LogP contribution in [0, 0.1) is 0 Å². The molecule has 23 heavy (non-hydrogen) atoms. The summed E-state index contributed by atoms with van der Waals surface area (Å²) in [5, 5.41) is 12.5. The van der Waals surface area contributed by atoms with Crippen molar-refractivity contribution in [3.63, 3.8) is 0 Å². The summed E-state index contributed by atoms with van der Waals surface area (Å²) in [5.41, 5.74) is 2.25. The summed E-state index contributed by atoms with van der Waals surface area (Å²) in [6, 6.07) is 10.1. The van der Waals surface area contributed by atoms with Crippen LogP contribution >= 0.6 is 34.7 Å². The average Bonchev–Trinajstić information content (AvgIpc) is 3.14. The SMILES string of the molecule is CC(C)c1cc(-c2nnc(SCc3ccccc3Cl)n2C)cs1. The molecule has 0 amide bonds. The van der Waals surface area contributed by atoms with E-state index in [0.717, 1.165) is 32.9 Å². The number of nitrogens with zero attached hydrogens (tertiary/aromatic N) is 3. The van der Waals surface area contributed by atoms with Gasteiger partial charge >= 0.3 is 0 Å². The van der Waals surface area contributed by atoms with Gasteiger partial charge in [-0.2, -0.15) is 0 Å². The molecule has 0 atom stereocenters. The lowest BCUT2D eigenvalue weighted by Crippen LogP contribution is -1.94. The van der Waals surface area contributed by atoms with Gasteiger partial charge in [0.2, 0.25) is 0 Å². The van der Waals surface area contributed by atoms with E-state index in [0.29, 0.717) is 5.92 Å². The molecule has 1 aromatic carbocycles. The molecule has 0 aliphatic rings. The van der Waals surface area contributed by atoms with Crippen LogP contribution in [-0.2, 0) is 12.8 Å². The topological polar surface area (TPSA) is 30.7 Å². The van der Waals surface area contributed by atoms with E-state index in [4.69, 9.17) is 11.6 Å². The maximum absolute atomic E-state index is 6.21. The molecule has 0 aliphatic heterocycles. The summed E-state index contributed by atoms with van der Waals surface area (Å²) >= 11 is 9.64. The number of thioether (sulfide) groups is 1. The van der Waals surface area contributed by atoms with Gasteiger partial charge in [-0.25, -0.2) is 0 Å². The maximum atomic E-state index is 6.21. The first-order valence-corrected chi connectivity index (χ1v) is 9.65. The normalized spacial score (nSPS) is 11.3. The van der Waals surface area contributed by atoms with Crippen LogP contribution in [0.1, 0.15) is 30.2 Å². The fourth-order valence-corrected chi connectivity index (χ4v) is 4.32. The van der Waals surface area contributed by atoms with Crippen LogP contribution in [0.5, 0.6) is 0 Å². The minimum absolute atomic E-state index is 0.538. The van der Waals surface area contributed by atoms with Gasteiger partial charge in [-0.15, -0.1) is 21.5 Å². The minimum atomic E-state index is 0.538. The number of aromatic nitrogens is 3. The van der Waals surface area contributed by atoms with Crippen LogP contribution < -0.4 is 0 Å². The van der Waals surface area contributed by atoms with E-state index in [1.54, 1.807) is 23.1 Å². The fraction of sp³-hybridized carbons (Fsp3) is 0.294. The lowest BCUT2D eigenvalue weighted by Gasteiger charge is -2.04. The largest absolute Gasteiger partial charge is 0.305 e. The Morgan fingerprint density at radius 1 is 1.26 bits per heavy atom. The zero-order valence-electron chi connectivity index (χ0n) is 13.3. The lowest BCUT2D eigenvalue weighted by molar-refractivity contribution is 0.794. The molecule has 0 unspecified atom stereocenters. The quantitative estimate of drug-likeness (QED) is 0.552. The van der Waals surface area contributed by atoms with Gasteiger partial charge in [0.15, 0.2) is 11.0 Å². The second-order valence-corrected chi connectivity index (χ2v) is 7.93. The summed E-state index contributed by atoms with van der Waals surface area (Å²) in [6.07, 6.45) is 0. The van der Waals surface area contributed by atoms with Gasteiger partial charge in [-0.1, -0.05) is 55.4 Å². The van der Waals surface area contributed by atoms with Crippen molar-refractivity contribution in [1.29, 1.82) is 0 Å². The minimum Gasteiger partial charge on any atom is -0.305 e. The molecule has 2 aromatic heterocycles. The summed E-state index contributed by atoms with van der Waals surface area (Å²) in [5.74, 6) is 2.23. The molecule has 0 aliphatic carbocycles. The third kappa shape index (κ3) is 3.62. The molecule has 0 saturated carbocycles. The highest BCUT2D eigenvalue weighted by molar-refractivity contribution is 7.98. The van der Waals surface area contributed by atoms with E-state index in [-0.39, 0.29) is 0 Å². The van der Waals surface area contributed by atoms with E-state index in [1.165, 1.54) is 4.88 Å². The van der Waals surface area contributed by atoms with Crippen molar-refractivity contribution in [1.82, 2.24) is 14.8 Å². The molecule has 3 aromatic rings. The van der Waals surface area contributed by atoms with Gasteiger partial charge in [-0.05, 0) is 23.6 Å². The van der Waals surface area contributed by atoms with E-state index in [2.05, 4.69) is 35.5 Å². The fourth-order valence-electron chi connectivity index (χ4n) is 2.22. The van der Waals surface area contributed by atoms with Gasteiger partial charge in [-0.3, -0.25) is 0 Å². The number of hydrogen-bond acceptors (Lipinski definition) is 4. The third-order valence-electron chi connectivity index (χ3n) is 3.60. The summed E-state index contributed by atoms with van der Waals surface area (Å²) in [7, 11) is 2.01. The Bertz CT molecular complexity index is 808. The Labute approximate surface area is 149 Å². The molecule has 0 radical (unpaired) electrons.